The summed E-state index contributed by atoms with van der Waals surface area (Å²) in [6, 6.07) is 3.80. The van der Waals surface area contributed by atoms with Gasteiger partial charge in [-0.25, -0.2) is 4.98 Å². The number of anilines is 1. The first-order valence-corrected chi connectivity index (χ1v) is 5.64. The van der Waals surface area contributed by atoms with E-state index < -0.39 is 0 Å². The second-order valence-corrected chi connectivity index (χ2v) is 4.04. The molecule has 1 heterocycles. The van der Waals surface area contributed by atoms with E-state index in [1.807, 2.05) is 19.2 Å². The summed E-state index contributed by atoms with van der Waals surface area (Å²) in [6.45, 7) is 1.79. The van der Waals surface area contributed by atoms with Gasteiger partial charge in [0.05, 0.1) is 5.02 Å². The van der Waals surface area contributed by atoms with E-state index in [0.717, 1.165) is 31.7 Å². The van der Waals surface area contributed by atoms with Crippen LogP contribution in [0.3, 0.4) is 0 Å². The number of pyridine rings is 1. The molecule has 0 saturated carbocycles. The van der Waals surface area contributed by atoms with Crippen molar-refractivity contribution in [2.45, 2.75) is 19.3 Å². The van der Waals surface area contributed by atoms with E-state index in [1.54, 1.807) is 6.20 Å². The fourth-order valence-corrected chi connectivity index (χ4v) is 1.49. The van der Waals surface area contributed by atoms with E-state index in [1.165, 1.54) is 6.42 Å². The minimum Gasteiger partial charge on any atom is -0.360 e. The largest absolute Gasteiger partial charge is 0.360 e. The first kappa shape index (κ1) is 12.3. The van der Waals surface area contributed by atoms with Crippen LogP contribution in [0.5, 0.6) is 0 Å². The maximum atomic E-state index is 5.77. The first-order chi connectivity index (χ1) is 7.24. The van der Waals surface area contributed by atoms with Gasteiger partial charge in [0.1, 0.15) is 5.82 Å². The summed E-state index contributed by atoms with van der Waals surface area (Å²) in [7, 11) is 2.04. The highest BCUT2D eigenvalue weighted by Crippen LogP contribution is 2.13. The molecule has 0 unspecified atom stereocenters. The number of aromatic nitrogens is 1. The fraction of sp³-hybridized carbons (Fsp3) is 0.545. The van der Waals surface area contributed by atoms with Gasteiger partial charge in [0.25, 0.3) is 0 Å². The zero-order chi connectivity index (χ0) is 11.1. The van der Waals surface area contributed by atoms with E-state index in [2.05, 4.69) is 9.88 Å². The van der Waals surface area contributed by atoms with Crippen LogP contribution < -0.4 is 10.6 Å². The molecule has 4 heteroatoms. The van der Waals surface area contributed by atoms with E-state index in [4.69, 9.17) is 17.3 Å². The van der Waals surface area contributed by atoms with Gasteiger partial charge in [-0.3, -0.25) is 0 Å². The van der Waals surface area contributed by atoms with Gasteiger partial charge in [-0.05, 0) is 31.5 Å². The monoisotopic (exact) mass is 227 g/mol. The second kappa shape index (κ2) is 6.64. The maximum Gasteiger partial charge on any atom is 0.128 e. The average Bonchev–Trinajstić information content (AvgIpc) is 2.25. The molecule has 3 nitrogen and oxygen atoms in total. The van der Waals surface area contributed by atoms with Crippen LogP contribution in [-0.2, 0) is 0 Å². The van der Waals surface area contributed by atoms with Crippen molar-refractivity contribution < 1.29 is 0 Å². The lowest BCUT2D eigenvalue weighted by Crippen LogP contribution is -2.19. The van der Waals surface area contributed by atoms with Gasteiger partial charge in [-0.2, -0.15) is 0 Å². The van der Waals surface area contributed by atoms with E-state index >= 15 is 0 Å². The molecule has 1 aromatic heterocycles. The Balaban J connectivity index is 2.33. The molecule has 0 aliphatic carbocycles. The molecule has 2 N–H and O–H groups in total. The van der Waals surface area contributed by atoms with Crippen molar-refractivity contribution in [3.05, 3.63) is 23.4 Å². The number of halogens is 1. The second-order valence-electron chi connectivity index (χ2n) is 3.61. The Morgan fingerprint density at radius 3 is 2.73 bits per heavy atom. The Kier molecular flexibility index (Phi) is 5.43. The molecule has 1 aromatic rings. The van der Waals surface area contributed by atoms with Gasteiger partial charge in [0, 0.05) is 19.8 Å². The average molecular weight is 228 g/mol. The zero-order valence-electron chi connectivity index (χ0n) is 9.12. The summed E-state index contributed by atoms with van der Waals surface area (Å²) in [5.74, 6) is 0.965. The maximum absolute atomic E-state index is 5.77. The summed E-state index contributed by atoms with van der Waals surface area (Å²) < 4.78 is 0. The molecule has 1 rings (SSSR count). The first-order valence-electron chi connectivity index (χ1n) is 5.27. The Hall–Kier alpha value is -0.800. The van der Waals surface area contributed by atoms with Crippen LogP contribution >= 0.6 is 11.6 Å². The van der Waals surface area contributed by atoms with Crippen molar-refractivity contribution >= 4 is 17.4 Å². The van der Waals surface area contributed by atoms with Crippen molar-refractivity contribution in [2.24, 2.45) is 5.73 Å². The zero-order valence-corrected chi connectivity index (χ0v) is 9.87. The molecule has 0 bridgehead atoms. The van der Waals surface area contributed by atoms with Crippen LogP contribution in [0.2, 0.25) is 5.02 Å². The number of hydrogen-bond donors (Lipinski definition) is 1. The molecule has 15 heavy (non-hydrogen) atoms. The summed E-state index contributed by atoms with van der Waals surface area (Å²) >= 11 is 5.77. The summed E-state index contributed by atoms with van der Waals surface area (Å²) in [4.78, 5) is 6.38. The van der Waals surface area contributed by atoms with Crippen LogP contribution in [-0.4, -0.2) is 25.1 Å². The van der Waals surface area contributed by atoms with Crippen LogP contribution in [0.15, 0.2) is 18.3 Å². The van der Waals surface area contributed by atoms with E-state index in [9.17, 15) is 0 Å². The third kappa shape index (κ3) is 4.49. The predicted octanol–water partition coefficient (Wildman–Crippen LogP) is 2.30. The summed E-state index contributed by atoms with van der Waals surface area (Å²) in [6.07, 6.45) is 5.10. The number of nitrogens with zero attached hydrogens (tertiary/aromatic N) is 2. The predicted molar refractivity (Wildman–Crippen MR) is 65.4 cm³/mol. The molecule has 0 atom stereocenters. The van der Waals surface area contributed by atoms with Crippen LogP contribution in [0.25, 0.3) is 0 Å². The van der Waals surface area contributed by atoms with Crippen LogP contribution in [0.4, 0.5) is 5.82 Å². The van der Waals surface area contributed by atoms with Gasteiger partial charge in [-0.15, -0.1) is 0 Å². The minimum absolute atomic E-state index is 0.676. The van der Waals surface area contributed by atoms with E-state index in [0.29, 0.717) is 5.02 Å². The highest BCUT2D eigenvalue weighted by atomic mass is 35.5. The molecule has 0 aliphatic heterocycles. The Labute approximate surface area is 96.2 Å². The minimum atomic E-state index is 0.676. The number of hydrogen-bond acceptors (Lipinski definition) is 3. The molecule has 0 aliphatic rings. The molecule has 0 saturated heterocycles. The molecular formula is C11H18ClN3. The topological polar surface area (TPSA) is 42.1 Å². The molecule has 0 aromatic carbocycles. The summed E-state index contributed by atoms with van der Waals surface area (Å²) in [5, 5.41) is 0.676. The molecule has 0 amide bonds. The lowest BCUT2D eigenvalue weighted by molar-refractivity contribution is 0.676. The van der Waals surface area contributed by atoms with Gasteiger partial charge in [-0.1, -0.05) is 18.0 Å². The third-order valence-electron chi connectivity index (χ3n) is 2.30. The van der Waals surface area contributed by atoms with Crippen molar-refractivity contribution in [1.29, 1.82) is 0 Å². The fourth-order valence-electron chi connectivity index (χ4n) is 1.38. The van der Waals surface area contributed by atoms with Crippen LogP contribution in [0, 0.1) is 0 Å². The number of nitrogens with two attached hydrogens (primary N) is 1. The van der Waals surface area contributed by atoms with E-state index in [-0.39, 0.29) is 0 Å². The molecule has 0 radical (unpaired) electrons. The van der Waals surface area contributed by atoms with Gasteiger partial charge in [0.2, 0.25) is 0 Å². The van der Waals surface area contributed by atoms with Crippen molar-refractivity contribution in [3.63, 3.8) is 0 Å². The number of unbranched alkanes of at least 4 members (excludes halogenated alkanes) is 2. The van der Waals surface area contributed by atoms with Gasteiger partial charge >= 0.3 is 0 Å². The third-order valence-corrected chi connectivity index (χ3v) is 2.52. The molecule has 84 valence electrons. The van der Waals surface area contributed by atoms with Crippen molar-refractivity contribution in [1.82, 2.24) is 4.98 Å². The van der Waals surface area contributed by atoms with Gasteiger partial charge < -0.3 is 10.6 Å². The Morgan fingerprint density at radius 1 is 1.33 bits per heavy atom. The van der Waals surface area contributed by atoms with Crippen molar-refractivity contribution in [3.8, 4) is 0 Å². The quantitative estimate of drug-likeness (QED) is 0.759. The Bertz CT molecular complexity index is 274. The molecule has 0 spiro atoms. The summed E-state index contributed by atoms with van der Waals surface area (Å²) in [5.41, 5.74) is 5.43. The normalized spacial score (nSPS) is 10.3. The lowest BCUT2D eigenvalue weighted by atomic mass is 10.2. The highest BCUT2D eigenvalue weighted by Gasteiger charge is 2.01. The number of rotatable bonds is 6. The highest BCUT2D eigenvalue weighted by molar-refractivity contribution is 6.30. The SMILES string of the molecule is CN(CCCCCN)c1ccc(Cl)cn1. The van der Waals surface area contributed by atoms with Crippen LogP contribution in [0.1, 0.15) is 19.3 Å². The smallest absolute Gasteiger partial charge is 0.128 e. The van der Waals surface area contributed by atoms with Crippen molar-refractivity contribution in [2.75, 3.05) is 25.0 Å². The Morgan fingerprint density at radius 2 is 2.13 bits per heavy atom. The standard InChI is InChI=1S/C11H18ClN3/c1-15(8-4-2-3-7-13)11-6-5-10(12)9-14-11/h5-6,9H,2-4,7-8,13H2,1H3. The van der Waals surface area contributed by atoms with Gasteiger partial charge in [0.15, 0.2) is 0 Å². The molecular weight excluding hydrogens is 210 g/mol. The lowest BCUT2D eigenvalue weighted by Gasteiger charge is -2.17. The molecule has 0 fully saturated rings.